The molecule has 1 N–H and O–H groups in total. The maximum Gasteiger partial charge on any atom is 0.234 e. The van der Waals surface area contributed by atoms with Crippen LogP contribution >= 0.6 is 0 Å². The van der Waals surface area contributed by atoms with Crippen molar-refractivity contribution in [2.75, 3.05) is 54.1 Å². The molecule has 1 aliphatic heterocycles. The number of nitrogens with one attached hydrogen (secondary N) is 1. The fraction of sp³-hybridized carbons (Fsp3) is 0.536. The summed E-state index contributed by atoms with van der Waals surface area (Å²) in [5, 5.41) is 3.20. The number of fused-ring (bicyclic) bond motifs is 1. The van der Waals surface area contributed by atoms with Crippen molar-refractivity contribution in [1.82, 2.24) is 15.1 Å². The van der Waals surface area contributed by atoms with Crippen LogP contribution in [0.2, 0.25) is 0 Å². The molecule has 0 saturated carbocycles. The van der Waals surface area contributed by atoms with E-state index in [-0.39, 0.29) is 11.9 Å². The Bertz CT molecular complexity index is 1020. The molecule has 4 rings (SSSR count). The summed E-state index contributed by atoms with van der Waals surface area (Å²) < 4.78 is 16.5. The SMILES string of the molecule is COc1ccc(CN2CCN(CC(=O)NC(C)c3ccc4c(c3)CCCC4)CC2)c(OC)c1OC. The normalized spacial score (nSPS) is 17.4. The molecule has 0 radical (unpaired) electrons. The summed E-state index contributed by atoms with van der Waals surface area (Å²) in [6, 6.07) is 10.7. The van der Waals surface area contributed by atoms with Gasteiger partial charge in [0.2, 0.25) is 11.7 Å². The number of nitrogens with zero attached hydrogens (tertiary/aromatic N) is 2. The zero-order valence-corrected chi connectivity index (χ0v) is 21.6. The molecule has 7 nitrogen and oxygen atoms in total. The molecular weight excluding hydrogens is 442 g/mol. The lowest BCUT2D eigenvalue weighted by Gasteiger charge is -2.34. The fourth-order valence-electron chi connectivity index (χ4n) is 5.23. The van der Waals surface area contributed by atoms with E-state index in [1.54, 1.807) is 21.3 Å². The first-order valence-electron chi connectivity index (χ1n) is 12.7. The fourth-order valence-corrected chi connectivity index (χ4v) is 5.23. The number of aryl methyl sites for hydroxylation is 2. The molecule has 190 valence electrons. The van der Waals surface area contributed by atoms with Crippen molar-refractivity contribution in [3.8, 4) is 17.2 Å². The average Bonchev–Trinajstić information content (AvgIpc) is 2.89. The zero-order chi connectivity index (χ0) is 24.8. The highest BCUT2D eigenvalue weighted by molar-refractivity contribution is 5.78. The maximum atomic E-state index is 12.8. The van der Waals surface area contributed by atoms with Crippen molar-refractivity contribution in [3.63, 3.8) is 0 Å². The first kappa shape index (κ1) is 25.3. The van der Waals surface area contributed by atoms with Crippen LogP contribution < -0.4 is 19.5 Å². The quantitative estimate of drug-likeness (QED) is 0.591. The van der Waals surface area contributed by atoms with Gasteiger partial charge in [0.05, 0.1) is 33.9 Å². The van der Waals surface area contributed by atoms with Crippen LogP contribution in [0.4, 0.5) is 0 Å². The molecule has 1 heterocycles. The predicted molar refractivity (Wildman–Crippen MR) is 137 cm³/mol. The van der Waals surface area contributed by atoms with Gasteiger partial charge < -0.3 is 19.5 Å². The first-order chi connectivity index (χ1) is 17.0. The van der Waals surface area contributed by atoms with Crippen molar-refractivity contribution in [2.45, 2.75) is 45.2 Å². The smallest absolute Gasteiger partial charge is 0.234 e. The highest BCUT2D eigenvalue weighted by Gasteiger charge is 2.23. The number of carbonyl (C=O) groups is 1. The first-order valence-corrected chi connectivity index (χ1v) is 12.7. The third-order valence-corrected chi connectivity index (χ3v) is 7.26. The van der Waals surface area contributed by atoms with Crippen molar-refractivity contribution in [2.24, 2.45) is 0 Å². The number of piperazine rings is 1. The van der Waals surface area contributed by atoms with Gasteiger partial charge in [0.1, 0.15) is 0 Å². The van der Waals surface area contributed by atoms with E-state index in [9.17, 15) is 4.79 Å². The van der Waals surface area contributed by atoms with E-state index in [1.165, 1.54) is 36.0 Å². The van der Waals surface area contributed by atoms with E-state index in [1.807, 2.05) is 12.1 Å². The summed E-state index contributed by atoms with van der Waals surface area (Å²) >= 11 is 0. The van der Waals surface area contributed by atoms with Crippen LogP contribution in [0.5, 0.6) is 17.2 Å². The van der Waals surface area contributed by atoms with Gasteiger partial charge in [0, 0.05) is 38.3 Å². The second-order valence-electron chi connectivity index (χ2n) is 9.57. The van der Waals surface area contributed by atoms with Gasteiger partial charge in [-0.25, -0.2) is 0 Å². The molecule has 35 heavy (non-hydrogen) atoms. The van der Waals surface area contributed by atoms with Gasteiger partial charge in [-0.2, -0.15) is 0 Å². The van der Waals surface area contributed by atoms with Crippen LogP contribution in [0, 0.1) is 0 Å². The molecule has 0 bridgehead atoms. The number of ether oxygens (including phenoxy) is 3. The lowest BCUT2D eigenvalue weighted by molar-refractivity contribution is -0.123. The zero-order valence-electron chi connectivity index (χ0n) is 21.6. The van der Waals surface area contributed by atoms with E-state index in [0.717, 1.165) is 44.7 Å². The van der Waals surface area contributed by atoms with E-state index in [4.69, 9.17) is 14.2 Å². The van der Waals surface area contributed by atoms with E-state index in [2.05, 4.69) is 40.2 Å². The van der Waals surface area contributed by atoms with Gasteiger partial charge in [-0.15, -0.1) is 0 Å². The maximum absolute atomic E-state index is 12.8. The Morgan fingerprint density at radius 3 is 2.26 bits per heavy atom. The summed E-state index contributed by atoms with van der Waals surface area (Å²) in [4.78, 5) is 17.4. The lowest BCUT2D eigenvalue weighted by atomic mass is 9.89. The largest absolute Gasteiger partial charge is 0.493 e. The van der Waals surface area contributed by atoms with Crippen LogP contribution in [0.1, 0.15) is 48.1 Å². The Morgan fingerprint density at radius 2 is 1.57 bits per heavy atom. The van der Waals surface area contributed by atoms with E-state index in [0.29, 0.717) is 23.8 Å². The monoisotopic (exact) mass is 481 g/mol. The Labute approximate surface area is 209 Å². The molecule has 2 aromatic rings. The predicted octanol–water partition coefficient (Wildman–Crippen LogP) is 3.59. The molecule has 7 heteroatoms. The number of rotatable bonds is 9. The summed E-state index contributed by atoms with van der Waals surface area (Å²) in [6.07, 6.45) is 4.89. The van der Waals surface area contributed by atoms with Crippen LogP contribution in [-0.4, -0.2) is 69.8 Å². The van der Waals surface area contributed by atoms with Gasteiger partial charge in [0.25, 0.3) is 0 Å². The number of benzene rings is 2. The molecule has 2 aliphatic rings. The summed E-state index contributed by atoms with van der Waals surface area (Å²) in [5.41, 5.74) is 5.20. The Balaban J connectivity index is 1.27. The minimum Gasteiger partial charge on any atom is -0.493 e. The lowest BCUT2D eigenvalue weighted by Crippen LogP contribution is -2.49. The van der Waals surface area contributed by atoms with Crippen LogP contribution in [0.15, 0.2) is 30.3 Å². The second kappa shape index (κ2) is 11.8. The molecule has 1 atom stereocenters. The number of amides is 1. The van der Waals surface area contributed by atoms with Crippen molar-refractivity contribution in [1.29, 1.82) is 0 Å². The third-order valence-electron chi connectivity index (χ3n) is 7.26. The topological polar surface area (TPSA) is 63.3 Å². The summed E-state index contributed by atoms with van der Waals surface area (Å²) in [5.74, 6) is 2.08. The van der Waals surface area contributed by atoms with Crippen molar-refractivity contribution >= 4 is 5.91 Å². The molecule has 1 saturated heterocycles. The molecule has 0 aromatic heterocycles. The minimum atomic E-state index is 0.0218. The van der Waals surface area contributed by atoms with Crippen LogP contribution in [-0.2, 0) is 24.2 Å². The Kier molecular flexibility index (Phi) is 8.52. The van der Waals surface area contributed by atoms with Crippen LogP contribution in [0.3, 0.4) is 0 Å². The van der Waals surface area contributed by atoms with Crippen molar-refractivity contribution < 1.29 is 19.0 Å². The van der Waals surface area contributed by atoms with Crippen LogP contribution in [0.25, 0.3) is 0 Å². The number of methoxy groups -OCH3 is 3. The van der Waals surface area contributed by atoms with Crippen molar-refractivity contribution in [3.05, 3.63) is 52.6 Å². The molecule has 0 spiro atoms. The number of hydrogen-bond donors (Lipinski definition) is 1. The summed E-state index contributed by atoms with van der Waals surface area (Å²) in [6.45, 7) is 6.78. The van der Waals surface area contributed by atoms with Gasteiger partial charge in [-0.1, -0.05) is 24.3 Å². The minimum absolute atomic E-state index is 0.0218. The summed E-state index contributed by atoms with van der Waals surface area (Å²) in [7, 11) is 4.91. The average molecular weight is 482 g/mol. The number of hydrogen-bond acceptors (Lipinski definition) is 6. The van der Waals surface area contributed by atoms with E-state index < -0.39 is 0 Å². The number of carbonyl (C=O) groups excluding carboxylic acids is 1. The van der Waals surface area contributed by atoms with E-state index >= 15 is 0 Å². The van der Waals surface area contributed by atoms with Gasteiger partial charge in [-0.3, -0.25) is 14.6 Å². The molecule has 2 aromatic carbocycles. The Hall–Kier alpha value is -2.77. The molecule has 1 unspecified atom stereocenters. The third kappa shape index (κ3) is 6.08. The van der Waals surface area contributed by atoms with Gasteiger partial charge in [0.15, 0.2) is 11.5 Å². The molecule has 1 aliphatic carbocycles. The standard InChI is InChI=1S/C28H39N3O4/c1-20(22-10-9-21-7-5-6-8-23(21)17-22)29-26(32)19-31-15-13-30(14-16-31)18-24-11-12-25(33-2)28(35-4)27(24)34-3/h9-12,17,20H,5-8,13-16,18-19H2,1-4H3,(H,29,32). The highest BCUT2D eigenvalue weighted by atomic mass is 16.5. The second-order valence-corrected chi connectivity index (χ2v) is 9.57. The molecule has 1 fully saturated rings. The van der Waals surface area contributed by atoms with Gasteiger partial charge >= 0.3 is 0 Å². The van der Waals surface area contributed by atoms with Gasteiger partial charge in [-0.05, 0) is 55.4 Å². The molecule has 1 amide bonds. The Morgan fingerprint density at radius 1 is 0.886 bits per heavy atom. The molecular formula is C28H39N3O4. The highest BCUT2D eigenvalue weighted by Crippen LogP contribution is 2.40.